The van der Waals surface area contributed by atoms with Crippen LogP contribution in [-0.4, -0.2) is 4.92 Å². The minimum atomic E-state index is -0.392. The topological polar surface area (TPSA) is 43.1 Å². The largest absolute Gasteiger partial charge is 0.264 e. The monoisotopic (exact) mass is 170 g/mol. The first kappa shape index (κ1) is 8.01. The van der Waals surface area contributed by atoms with E-state index in [4.69, 9.17) is 11.6 Å². The normalized spacial score (nSPS) is 9.55. The molecule has 1 aromatic rings. The Hall–Kier alpha value is -1.09. The summed E-state index contributed by atoms with van der Waals surface area (Å²) >= 11 is 5.52. The first-order chi connectivity index (χ1) is 5.18. The Morgan fingerprint density at radius 2 is 2.36 bits per heavy atom. The summed E-state index contributed by atoms with van der Waals surface area (Å²) in [6.45, 7) is -0.173. The quantitative estimate of drug-likeness (QED) is 0.503. The molecule has 0 bridgehead atoms. The van der Waals surface area contributed by atoms with E-state index in [0.717, 1.165) is 0 Å². The molecule has 11 heavy (non-hydrogen) atoms. The predicted molar refractivity (Wildman–Crippen MR) is 41.0 cm³/mol. The lowest BCUT2D eigenvalue weighted by molar-refractivity contribution is -0.496. The zero-order valence-corrected chi connectivity index (χ0v) is 6.34. The Bertz CT molecular complexity index is 258. The fourth-order valence-electron chi connectivity index (χ4n) is 0.685. The van der Waals surface area contributed by atoms with Gasteiger partial charge in [-0.15, -0.1) is 0 Å². The number of nitrogens with zero attached hydrogens (tertiary/aromatic N) is 1. The zero-order chi connectivity index (χ0) is 8.27. The van der Waals surface area contributed by atoms with Crippen molar-refractivity contribution in [3.8, 4) is 0 Å². The maximum absolute atomic E-state index is 10.0. The highest BCUT2D eigenvalue weighted by atomic mass is 35.5. The first-order valence-electron chi connectivity index (χ1n) is 2.96. The van der Waals surface area contributed by atoms with Gasteiger partial charge in [-0.1, -0.05) is 17.7 Å². The molecule has 1 aromatic carbocycles. The van der Waals surface area contributed by atoms with E-state index in [0.29, 0.717) is 10.6 Å². The smallest absolute Gasteiger partial charge is 0.228 e. The molecule has 0 amide bonds. The highest BCUT2D eigenvalue weighted by Gasteiger charge is 1.99. The van der Waals surface area contributed by atoms with Gasteiger partial charge in [-0.2, -0.15) is 0 Å². The second-order valence-electron chi connectivity index (χ2n) is 2.04. The lowest BCUT2D eigenvalue weighted by Crippen LogP contribution is -1.97. The van der Waals surface area contributed by atoms with E-state index in [2.05, 4.69) is 6.07 Å². The molecule has 4 heteroatoms. The number of halogens is 1. The van der Waals surface area contributed by atoms with Crippen molar-refractivity contribution in [3.63, 3.8) is 0 Å². The van der Waals surface area contributed by atoms with Gasteiger partial charge in [0.1, 0.15) is 0 Å². The Kier molecular flexibility index (Phi) is 2.44. The summed E-state index contributed by atoms with van der Waals surface area (Å²) in [5, 5.41) is 10.5. The average molecular weight is 171 g/mol. The van der Waals surface area contributed by atoms with Gasteiger partial charge in [0.15, 0.2) is 0 Å². The molecule has 1 rings (SSSR count). The van der Waals surface area contributed by atoms with Gasteiger partial charge in [0.05, 0.1) is 0 Å². The summed E-state index contributed by atoms with van der Waals surface area (Å²) in [7, 11) is 0. The summed E-state index contributed by atoms with van der Waals surface area (Å²) in [5.41, 5.74) is 0.611. The van der Waals surface area contributed by atoms with E-state index in [1.54, 1.807) is 12.1 Å². The molecule has 0 spiro atoms. The fourth-order valence-corrected chi connectivity index (χ4v) is 0.803. The van der Waals surface area contributed by atoms with E-state index in [-0.39, 0.29) is 6.54 Å². The molecule has 0 aromatic heterocycles. The van der Waals surface area contributed by atoms with Crippen LogP contribution in [0.3, 0.4) is 0 Å². The molecule has 0 saturated carbocycles. The molecule has 0 atom stereocenters. The third-order valence-electron chi connectivity index (χ3n) is 1.15. The van der Waals surface area contributed by atoms with Crippen molar-refractivity contribution in [3.05, 3.63) is 45.0 Å². The molecular weight excluding hydrogens is 166 g/mol. The van der Waals surface area contributed by atoms with Crippen LogP contribution in [0.1, 0.15) is 5.56 Å². The van der Waals surface area contributed by atoms with Crippen molar-refractivity contribution in [2.75, 3.05) is 0 Å². The van der Waals surface area contributed by atoms with E-state index in [9.17, 15) is 10.1 Å². The van der Waals surface area contributed by atoms with Crippen LogP contribution in [0.5, 0.6) is 0 Å². The maximum atomic E-state index is 10.0. The van der Waals surface area contributed by atoms with Crippen molar-refractivity contribution in [1.82, 2.24) is 0 Å². The van der Waals surface area contributed by atoms with Crippen LogP contribution in [0.2, 0.25) is 5.02 Å². The van der Waals surface area contributed by atoms with Crippen molar-refractivity contribution < 1.29 is 4.92 Å². The number of hydrogen-bond donors (Lipinski definition) is 0. The van der Waals surface area contributed by atoms with Crippen LogP contribution in [0.15, 0.2) is 18.2 Å². The van der Waals surface area contributed by atoms with Crippen LogP contribution >= 0.6 is 11.6 Å². The van der Waals surface area contributed by atoms with Gasteiger partial charge in [0.2, 0.25) is 6.54 Å². The van der Waals surface area contributed by atoms with Crippen molar-refractivity contribution in [1.29, 1.82) is 0 Å². The lowest BCUT2D eigenvalue weighted by Gasteiger charge is -1.92. The van der Waals surface area contributed by atoms with Gasteiger partial charge in [-0.05, 0) is 12.1 Å². The fraction of sp³-hybridized carbons (Fsp3) is 0.143. The number of rotatable bonds is 2. The Labute approximate surface area is 68.8 Å². The van der Waals surface area contributed by atoms with Crippen LogP contribution < -0.4 is 0 Å². The van der Waals surface area contributed by atoms with Gasteiger partial charge in [0, 0.05) is 21.6 Å². The van der Waals surface area contributed by atoms with Crippen molar-refractivity contribution in [2.45, 2.75) is 6.54 Å². The van der Waals surface area contributed by atoms with E-state index >= 15 is 0 Å². The molecule has 0 N–H and O–H groups in total. The lowest BCUT2D eigenvalue weighted by atomic mass is 10.2. The Morgan fingerprint density at radius 3 is 2.82 bits per heavy atom. The summed E-state index contributed by atoms with van der Waals surface area (Å²) in [6.07, 6.45) is 0. The highest BCUT2D eigenvalue weighted by Crippen LogP contribution is 2.08. The number of hydrogen-bond acceptors (Lipinski definition) is 2. The summed E-state index contributed by atoms with van der Waals surface area (Å²) < 4.78 is 0. The molecule has 0 heterocycles. The summed E-state index contributed by atoms with van der Waals surface area (Å²) in [4.78, 5) is 9.62. The Morgan fingerprint density at radius 1 is 1.64 bits per heavy atom. The maximum Gasteiger partial charge on any atom is 0.228 e. The molecular formula is C7H5ClNO2. The molecule has 0 saturated heterocycles. The van der Waals surface area contributed by atoms with Crippen molar-refractivity contribution in [2.24, 2.45) is 0 Å². The zero-order valence-electron chi connectivity index (χ0n) is 5.58. The second-order valence-corrected chi connectivity index (χ2v) is 2.44. The van der Waals surface area contributed by atoms with Crippen LogP contribution in [-0.2, 0) is 6.54 Å². The SMILES string of the molecule is O=[N+]([O-])Cc1c[c]c(Cl)cc1. The number of nitro groups is 1. The molecule has 3 nitrogen and oxygen atoms in total. The molecule has 0 aliphatic heterocycles. The summed E-state index contributed by atoms with van der Waals surface area (Å²) in [5.74, 6) is 0. The standard InChI is InChI=1S/C7H5ClNO2/c8-7-3-1-6(2-4-7)5-9(10)11/h1-3H,5H2. The van der Waals surface area contributed by atoms with Gasteiger partial charge in [-0.25, -0.2) is 0 Å². The molecule has 0 aliphatic carbocycles. The average Bonchev–Trinajstić information content (AvgIpc) is 1.93. The van der Waals surface area contributed by atoms with Crippen LogP contribution in [0.25, 0.3) is 0 Å². The predicted octanol–water partition coefficient (Wildman–Crippen LogP) is 1.92. The van der Waals surface area contributed by atoms with Crippen LogP contribution in [0, 0.1) is 16.2 Å². The third-order valence-corrected chi connectivity index (χ3v) is 1.39. The summed E-state index contributed by atoms with van der Waals surface area (Å²) in [6, 6.07) is 7.38. The molecule has 57 valence electrons. The van der Waals surface area contributed by atoms with Crippen molar-refractivity contribution >= 4 is 11.6 Å². The van der Waals surface area contributed by atoms with E-state index < -0.39 is 4.92 Å². The molecule has 1 radical (unpaired) electrons. The van der Waals surface area contributed by atoms with Gasteiger partial charge >= 0.3 is 0 Å². The van der Waals surface area contributed by atoms with Gasteiger partial charge in [0.25, 0.3) is 0 Å². The number of benzene rings is 1. The van der Waals surface area contributed by atoms with Gasteiger partial charge in [-0.3, -0.25) is 10.1 Å². The Balaban J connectivity index is 2.74. The molecule has 0 fully saturated rings. The van der Waals surface area contributed by atoms with E-state index in [1.807, 2.05) is 0 Å². The molecule has 0 unspecified atom stereocenters. The third kappa shape index (κ3) is 2.55. The van der Waals surface area contributed by atoms with Gasteiger partial charge < -0.3 is 0 Å². The van der Waals surface area contributed by atoms with E-state index in [1.165, 1.54) is 6.07 Å². The van der Waals surface area contributed by atoms with Crippen LogP contribution in [0.4, 0.5) is 0 Å². The highest BCUT2D eigenvalue weighted by molar-refractivity contribution is 6.30. The second kappa shape index (κ2) is 3.34. The minimum absolute atomic E-state index is 0.173. The molecule has 0 aliphatic rings. The first-order valence-corrected chi connectivity index (χ1v) is 3.34. The minimum Gasteiger partial charge on any atom is -0.264 e.